The Morgan fingerprint density at radius 1 is 0.960 bits per heavy atom. The van der Waals surface area contributed by atoms with Crippen LogP contribution in [0.5, 0.6) is 0 Å². The van der Waals surface area contributed by atoms with Gasteiger partial charge in [0, 0.05) is 25.2 Å². The summed E-state index contributed by atoms with van der Waals surface area (Å²) >= 11 is 0. The molecule has 3 nitrogen and oxygen atoms in total. The van der Waals surface area contributed by atoms with E-state index in [0.717, 1.165) is 37.3 Å². The summed E-state index contributed by atoms with van der Waals surface area (Å²) in [7, 11) is 0. The molecule has 0 radical (unpaired) electrons. The van der Waals surface area contributed by atoms with Gasteiger partial charge < -0.3 is 9.88 Å². The first-order valence-corrected chi connectivity index (χ1v) is 9.56. The molecule has 134 valence electrons. The van der Waals surface area contributed by atoms with Crippen molar-refractivity contribution >= 4 is 5.69 Å². The van der Waals surface area contributed by atoms with Crippen molar-refractivity contribution in [3.63, 3.8) is 0 Å². The maximum absolute atomic E-state index is 12.9. The lowest BCUT2D eigenvalue weighted by atomic mass is 9.93. The Morgan fingerprint density at radius 2 is 1.60 bits per heavy atom. The van der Waals surface area contributed by atoms with Crippen molar-refractivity contribution in [2.45, 2.75) is 59.8 Å². The third-order valence-electron chi connectivity index (χ3n) is 5.31. The zero-order valence-corrected chi connectivity index (χ0v) is 16.0. The van der Waals surface area contributed by atoms with Crippen LogP contribution in [0, 0.1) is 20.8 Å². The van der Waals surface area contributed by atoms with Crippen molar-refractivity contribution in [1.82, 2.24) is 4.98 Å². The van der Waals surface area contributed by atoms with E-state index in [1.54, 1.807) is 0 Å². The average molecular weight is 338 g/mol. The SMILES string of the molecule is CCc1c(C)[nH]c(=O)c(N2CCCCC2)c1Cc1cc(C)cc(C)c1. The van der Waals surface area contributed by atoms with E-state index in [1.165, 1.54) is 47.1 Å². The topological polar surface area (TPSA) is 36.1 Å². The fraction of sp³-hybridized carbons (Fsp3) is 0.500. The van der Waals surface area contributed by atoms with Gasteiger partial charge in [-0.3, -0.25) is 4.79 Å². The van der Waals surface area contributed by atoms with Crippen molar-refractivity contribution in [1.29, 1.82) is 0 Å². The molecule has 1 fully saturated rings. The van der Waals surface area contributed by atoms with Crippen molar-refractivity contribution in [2.75, 3.05) is 18.0 Å². The minimum Gasteiger partial charge on any atom is -0.367 e. The van der Waals surface area contributed by atoms with Gasteiger partial charge in [-0.05, 0) is 63.1 Å². The number of H-pyrrole nitrogens is 1. The number of nitrogens with one attached hydrogen (secondary N) is 1. The lowest BCUT2D eigenvalue weighted by molar-refractivity contribution is 0.574. The highest BCUT2D eigenvalue weighted by atomic mass is 16.1. The monoisotopic (exact) mass is 338 g/mol. The molecule has 2 aromatic rings. The van der Waals surface area contributed by atoms with Gasteiger partial charge in [-0.2, -0.15) is 0 Å². The molecule has 1 aliphatic heterocycles. The number of hydrogen-bond donors (Lipinski definition) is 1. The summed E-state index contributed by atoms with van der Waals surface area (Å²) in [6, 6.07) is 6.71. The molecular formula is C22H30N2O. The number of hydrogen-bond acceptors (Lipinski definition) is 2. The van der Waals surface area contributed by atoms with Crippen LogP contribution in [0.2, 0.25) is 0 Å². The molecule has 1 aromatic carbocycles. The second-order valence-corrected chi connectivity index (χ2v) is 7.46. The third kappa shape index (κ3) is 3.81. The van der Waals surface area contributed by atoms with Crippen LogP contribution >= 0.6 is 0 Å². The Kier molecular flexibility index (Phi) is 5.31. The van der Waals surface area contributed by atoms with Gasteiger partial charge in [-0.15, -0.1) is 0 Å². The van der Waals surface area contributed by atoms with Crippen LogP contribution in [-0.2, 0) is 12.8 Å². The Labute approximate surface area is 151 Å². The Bertz CT molecular complexity index is 793. The Morgan fingerprint density at radius 3 is 2.20 bits per heavy atom. The number of aromatic nitrogens is 1. The molecule has 1 aliphatic rings. The average Bonchev–Trinajstić information content (AvgIpc) is 2.55. The zero-order chi connectivity index (χ0) is 18.0. The first-order chi connectivity index (χ1) is 12.0. The number of pyridine rings is 1. The summed E-state index contributed by atoms with van der Waals surface area (Å²) in [5, 5.41) is 0. The molecule has 1 saturated heterocycles. The maximum atomic E-state index is 12.9. The van der Waals surface area contributed by atoms with Crippen molar-refractivity contribution < 1.29 is 0 Å². The molecule has 0 aliphatic carbocycles. The van der Waals surface area contributed by atoms with Crippen molar-refractivity contribution in [3.05, 3.63) is 62.1 Å². The van der Waals surface area contributed by atoms with E-state index in [-0.39, 0.29) is 5.56 Å². The fourth-order valence-electron chi connectivity index (χ4n) is 4.31. The third-order valence-corrected chi connectivity index (χ3v) is 5.31. The van der Waals surface area contributed by atoms with Crippen LogP contribution in [0.1, 0.15) is 59.7 Å². The Hall–Kier alpha value is -2.03. The van der Waals surface area contributed by atoms with Gasteiger partial charge in [0.15, 0.2) is 0 Å². The van der Waals surface area contributed by atoms with Crippen LogP contribution in [0.4, 0.5) is 5.69 Å². The quantitative estimate of drug-likeness (QED) is 0.894. The molecule has 0 atom stereocenters. The molecule has 0 spiro atoms. The van der Waals surface area contributed by atoms with Crippen LogP contribution in [0.25, 0.3) is 0 Å². The summed E-state index contributed by atoms with van der Waals surface area (Å²) in [6.07, 6.45) is 5.41. The summed E-state index contributed by atoms with van der Waals surface area (Å²) in [6.45, 7) is 10.5. The molecular weight excluding hydrogens is 308 g/mol. The van der Waals surface area contributed by atoms with Crippen LogP contribution < -0.4 is 10.5 Å². The number of aromatic amines is 1. The summed E-state index contributed by atoms with van der Waals surface area (Å²) in [5.41, 5.74) is 8.43. The number of piperidine rings is 1. The number of nitrogens with zero attached hydrogens (tertiary/aromatic N) is 1. The summed E-state index contributed by atoms with van der Waals surface area (Å²) in [4.78, 5) is 18.3. The van der Waals surface area contributed by atoms with Gasteiger partial charge in [0.2, 0.25) is 0 Å². The maximum Gasteiger partial charge on any atom is 0.272 e. The largest absolute Gasteiger partial charge is 0.367 e. The molecule has 2 heterocycles. The van der Waals surface area contributed by atoms with E-state index in [9.17, 15) is 4.79 Å². The molecule has 1 N–H and O–H groups in total. The van der Waals surface area contributed by atoms with E-state index < -0.39 is 0 Å². The van der Waals surface area contributed by atoms with Gasteiger partial charge in [-0.1, -0.05) is 36.2 Å². The van der Waals surface area contributed by atoms with E-state index in [1.807, 2.05) is 6.92 Å². The minimum absolute atomic E-state index is 0.0796. The van der Waals surface area contributed by atoms with Gasteiger partial charge in [0.25, 0.3) is 5.56 Å². The van der Waals surface area contributed by atoms with Crippen LogP contribution in [0.3, 0.4) is 0 Å². The molecule has 3 heteroatoms. The lowest BCUT2D eigenvalue weighted by Gasteiger charge is -2.31. The fourth-order valence-corrected chi connectivity index (χ4v) is 4.31. The van der Waals surface area contributed by atoms with Gasteiger partial charge >= 0.3 is 0 Å². The lowest BCUT2D eigenvalue weighted by Crippen LogP contribution is -2.35. The predicted octanol–water partition coefficient (Wildman–Crippen LogP) is 4.44. The standard InChI is InChI=1S/C22H30N2O/c1-5-19-17(4)23-22(25)21(24-9-7-6-8-10-24)20(19)14-18-12-15(2)11-16(3)13-18/h11-13H,5-10,14H2,1-4H3,(H,23,25). The van der Waals surface area contributed by atoms with Crippen molar-refractivity contribution in [3.8, 4) is 0 Å². The van der Waals surface area contributed by atoms with E-state index in [4.69, 9.17) is 0 Å². The second kappa shape index (κ2) is 7.47. The van der Waals surface area contributed by atoms with E-state index >= 15 is 0 Å². The predicted molar refractivity (Wildman–Crippen MR) is 106 cm³/mol. The molecule has 25 heavy (non-hydrogen) atoms. The molecule has 0 unspecified atom stereocenters. The number of rotatable bonds is 4. The van der Waals surface area contributed by atoms with Gasteiger partial charge in [-0.25, -0.2) is 0 Å². The highest BCUT2D eigenvalue weighted by molar-refractivity contribution is 5.58. The van der Waals surface area contributed by atoms with Crippen LogP contribution in [0.15, 0.2) is 23.0 Å². The minimum atomic E-state index is 0.0796. The van der Waals surface area contributed by atoms with Gasteiger partial charge in [0.05, 0.1) is 0 Å². The second-order valence-electron chi connectivity index (χ2n) is 7.46. The van der Waals surface area contributed by atoms with E-state index in [2.05, 4.69) is 48.9 Å². The Balaban J connectivity index is 2.12. The molecule has 0 saturated carbocycles. The molecule has 0 bridgehead atoms. The van der Waals surface area contributed by atoms with Crippen molar-refractivity contribution in [2.24, 2.45) is 0 Å². The normalized spacial score (nSPS) is 14.8. The highest BCUT2D eigenvalue weighted by Gasteiger charge is 2.22. The first kappa shape index (κ1) is 17.8. The summed E-state index contributed by atoms with van der Waals surface area (Å²) in [5.74, 6) is 0. The molecule has 1 aromatic heterocycles. The highest BCUT2D eigenvalue weighted by Crippen LogP contribution is 2.28. The molecule has 3 rings (SSSR count). The van der Waals surface area contributed by atoms with Crippen LogP contribution in [-0.4, -0.2) is 18.1 Å². The zero-order valence-electron chi connectivity index (χ0n) is 16.0. The van der Waals surface area contributed by atoms with E-state index in [0.29, 0.717) is 0 Å². The number of benzene rings is 1. The first-order valence-electron chi connectivity index (χ1n) is 9.56. The smallest absolute Gasteiger partial charge is 0.272 e. The molecule has 0 amide bonds. The summed E-state index contributed by atoms with van der Waals surface area (Å²) < 4.78 is 0. The number of aryl methyl sites for hydroxylation is 3. The number of anilines is 1. The van der Waals surface area contributed by atoms with Gasteiger partial charge in [0.1, 0.15) is 5.69 Å².